The maximum atomic E-state index is 13.2. The smallest absolute Gasteiger partial charge is 0.333 e. The van der Waals surface area contributed by atoms with Crippen molar-refractivity contribution in [2.45, 2.75) is 29.7 Å². The highest BCUT2D eigenvalue weighted by Gasteiger charge is 2.34. The van der Waals surface area contributed by atoms with Gasteiger partial charge in [-0.3, -0.25) is 4.79 Å². The second-order valence-corrected chi connectivity index (χ2v) is 8.08. The van der Waals surface area contributed by atoms with Gasteiger partial charge in [-0.25, -0.2) is 0 Å². The van der Waals surface area contributed by atoms with Crippen molar-refractivity contribution in [3.8, 4) is 0 Å². The van der Waals surface area contributed by atoms with E-state index in [-0.39, 0.29) is 18.5 Å². The van der Waals surface area contributed by atoms with E-state index < -0.39 is 35.4 Å². The van der Waals surface area contributed by atoms with Crippen molar-refractivity contribution in [2.75, 3.05) is 25.9 Å². The fourth-order valence-corrected chi connectivity index (χ4v) is 3.97. The Morgan fingerprint density at radius 3 is 2.26 bits per heavy atom. The van der Waals surface area contributed by atoms with Crippen LogP contribution in [0.2, 0.25) is 0 Å². The highest BCUT2D eigenvalue weighted by molar-refractivity contribution is 7.98. The zero-order valence-corrected chi connectivity index (χ0v) is 17.3. The topological polar surface area (TPSA) is 32.3 Å². The third-order valence-electron chi connectivity index (χ3n) is 5.08. The van der Waals surface area contributed by atoms with Gasteiger partial charge in [-0.1, -0.05) is 12.1 Å². The first-order valence-corrected chi connectivity index (χ1v) is 10.7. The largest absolute Gasteiger partial charge is 0.416 e. The lowest BCUT2D eigenvalue weighted by Gasteiger charge is -2.36. The Balaban J connectivity index is 1.84. The van der Waals surface area contributed by atoms with Crippen molar-refractivity contribution in [3.63, 3.8) is 0 Å². The molecule has 1 amide bonds. The molecule has 168 valence electrons. The summed E-state index contributed by atoms with van der Waals surface area (Å²) in [5.74, 6) is -0.528. The summed E-state index contributed by atoms with van der Waals surface area (Å²) in [7, 11) is 0. The van der Waals surface area contributed by atoms with E-state index in [0.717, 1.165) is 36.0 Å². The lowest BCUT2D eigenvalue weighted by Crippen LogP contribution is -2.54. The molecular formula is C21H20F6N2OS. The quantitative estimate of drug-likeness (QED) is 0.507. The van der Waals surface area contributed by atoms with Gasteiger partial charge in [0.25, 0.3) is 5.91 Å². The number of alkyl halides is 6. The van der Waals surface area contributed by atoms with Crippen molar-refractivity contribution in [1.82, 2.24) is 10.2 Å². The summed E-state index contributed by atoms with van der Waals surface area (Å²) < 4.78 is 78.0. The van der Waals surface area contributed by atoms with Crippen molar-refractivity contribution in [2.24, 2.45) is 0 Å². The lowest BCUT2D eigenvalue weighted by atomic mass is 10.00. The predicted octanol–water partition coefficient (Wildman–Crippen LogP) is 5.10. The third-order valence-corrected chi connectivity index (χ3v) is 5.79. The first-order chi connectivity index (χ1) is 14.5. The van der Waals surface area contributed by atoms with Crippen LogP contribution in [-0.4, -0.2) is 42.7 Å². The summed E-state index contributed by atoms with van der Waals surface area (Å²) in [5, 5.41) is 3.13. The molecule has 1 aliphatic heterocycles. The molecule has 10 heteroatoms. The summed E-state index contributed by atoms with van der Waals surface area (Å²) in [6.45, 7) is 1.15. The second kappa shape index (κ2) is 9.12. The molecule has 1 saturated heterocycles. The van der Waals surface area contributed by atoms with Crippen molar-refractivity contribution >= 4 is 17.7 Å². The van der Waals surface area contributed by atoms with Crippen LogP contribution >= 0.6 is 11.8 Å². The maximum Gasteiger partial charge on any atom is 0.416 e. The molecule has 0 bridgehead atoms. The number of thioether (sulfide) groups is 1. The monoisotopic (exact) mass is 462 g/mol. The van der Waals surface area contributed by atoms with Crippen LogP contribution in [0.5, 0.6) is 0 Å². The Kier molecular flexibility index (Phi) is 6.90. The molecule has 2 aromatic carbocycles. The minimum Gasteiger partial charge on any atom is -0.333 e. The second-order valence-electron chi connectivity index (χ2n) is 7.20. The molecule has 3 rings (SSSR count). The molecule has 1 fully saturated rings. The SMILES string of the molecule is CSc1cc(C(=O)N2CCNCC2Cc2ccc(C(F)(F)F)cc2)cc(C(F)(F)F)c1. The third kappa shape index (κ3) is 5.74. The zero-order chi connectivity index (χ0) is 22.8. The summed E-state index contributed by atoms with van der Waals surface area (Å²) >= 11 is 1.11. The number of nitrogens with one attached hydrogen (secondary N) is 1. The first-order valence-electron chi connectivity index (χ1n) is 9.43. The van der Waals surface area contributed by atoms with Crippen molar-refractivity contribution < 1.29 is 31.1 Å². The van der Waals surface area contributed by atoms with Crippen molar-refractivity contribution in [1.29, 1.82) is 0 Å². The summed E-state index contributed by atoms with van der Waals surface area (Å²) in [5.41, 5.74) is -1.11. The maximum absolute atomic E-state index is 13.2. The average molecular weight is 462 g/mol. The number of halogens is 6. The molecule has 31 heavy (non-hydrogen) atoms. The van der Waals surface area contributed by atoms with E-state index in [4.69, 9.17) is 0 Å². The predicted molar refractivity (Wildman–Crippen MR) is 106 cm³/mol. The van der Waals surface area contributed by atoms with Gasteiger partial charge < -0.3 is 10.2 Å². The van der Waals surface area contributed by atoms with Crippen LogP contribution in [0.3, 0.4) is 0 Å². The van der Waals surface area contributed by atoms with E-state index in [1.54, 1.807) is 6.26 Å². The van der Waals surface area contributed by atoms with Crippen LogP contribution in [0.15, 0.2) is 47.4 Å². The number of amides is 1. The van der Waals surface area contributed by atoms with Gasteiger partial charge in [0, 0.05) is 36.1 Å². The van der Waals surface area contributed by atoms with E-state index in [9.17, 15) is 31.1 Å². The summed E-state index contributed by atoms with van der Waals surface area (Å²) in [4.78, 5) is 14.9. The average Bonchev–Trinajstić information content (AvgIpc) is 2.72. The first kappa shape index (κ1) is 23.5. The number of rotatable bonds is 4. The fourth-order valence-electron chi connectivity index (χ4n) is 3.48. The molecule has 1 aliphatic rings. The Morgan fingerprint density at radius 1 is 1.03 bits per heavy atom. The van der Waals surface area contributed by atoms with E-state index in [1.165, 1.54) is 23.1 Å². The van der Waals surface area contributed by atoms with Crippen LogP contribution in [-0.2, 0) is 18.8 Å². The lowest BCUT2D eigenvalue weighted by molar-refractivity contribution is -0.138. The zero-order valence-electron chi connectivity index (χ0n) is 16.5. The summed E-state index contributed by atoms with van der Waals surface area (Å²) in [6, 6.07) is 7.56. The molecule has 0 spiro atoms. The van der Waals surface area contributed by atoms with E-state index in [1.807, 2.05) is 0 Å². The number of carbonyl (C=O) groups is 1. The molecule has 2 aromatic rings. The van der Waals surface area contributed by atoms with Crippen LogP contribution < -0.4 is 5.32 Å². The van der Waals surface area contributed by atoms with Gasteiger partial charge in [0.2, 0.25) is 0 Å². The van der Waals surface area contributed by atoms with Crippen molar-refractivity contribution in [3.05, 3.63) is 64.7 Å². The Morgan fingerprint density at radius 2 is 1.68 bits per heavy atom. The molecule has 0 saturated carbocycles. The van der Waals surface area contributed by atoms with Gasteiger partial charge in [0.1, 0.15) is 0 Å². The number of hydrogen-bond acceptors (Lipinski definition) is 3. The van der Waals surface area contributed by atoms with Gasteiger partial charge in [-0.05, 0) is 48.6 Å². The molecule has 0 aliphatic carbocycles. The number of hydrogen-bond donors (Lipinski definition) is 1. The number of nitrogens with zero attached hydrogens (tertiary/aromatic N) is 1. The molecule has 1 heterocycles. The Bertz CT molecular complexity index is 927. The van der Waals surface area contributed by atoms with Gasteiger partial charge in [0.15, 0.2) is 0 Å². The number of benzene rings is 2. The van der Waals surface area contributed by atoms with Crippen LogP contribution in [0.1, 0.15) is 27.0 Å². The highest BCUT2D eigenvalue weighted by Crippen LogP contribution is 2.33. The molecule has 3 nitrogen and oxygen atoms in total. The van der Waals surface area contributed by atoms with Gasteiger partial charge in [0.05, 0.1) is 11.1 Å². The van der Waals surface area contributed by atoms with Gasteiger partial charge >= 0.3 is 12.4 Å². The minimum atomic E-state index is -4.58. The van der Waals surface area contributed by atoms with E-state index >= 15 is 0 Å². The number of carbonyl (C=O) groups excluding carboxylic acids is 1. The normalized spacial score (nSPS) is 17.6. The van der Waals surface area contributed by atoms with E-state index in [2.05, 4.69) is 5.32 Å². The molecule has 0 aromatic heterocycles. The van der Waals surface area contributed by atoms with Gasteiger partial charge in [-0.2, -0.15) is 26.3 Å². The van der Waals surface area contributed by atoms with Gasteiger partial charge in [-0.15, -0.1) is 11.8 Å². The minimum absolute atomic E-state index is 0.0569. The number of piperazine rings is 1. The molecule has 0 radical (unpaired) electrons. The van der Waals surface area contributed by atoms with Crippen LogP contribution in [0.4, 0.5) is 26.3 Å². The van der Waals surface area contributed by atoms with Crippen LogP contribution in [0.25, 0.3) is 0 Å². The Labute approximate surface area is 179 Å². The fraction of sp³-hybridized carbons (Fsp3) is 0.381. The highest BCUT2D eigenvalue weighted by atomic mass is 32.2. The van der Waals surface area contributed by atoms with E-state index in [0.29, 0.717) is 23.5 Å². The summed E-state index contributed by atoms with van der Waals surface area (Å²) in [6.07, 6.45) is -7.11. The molecule has 1 atom stereocenters. The molecule has 1 unspecified atom stereocenters. The standard InChI is InChI=1S/C21H20F6N2OS/c1-31-18-10-14(9-16(11-18)21(25,26)27)19(30)29-7-6-28-12-17(29)8-13-2-4-15(5-3-13)20(22,23)24/h2-5,9-11,17,28H,6-8,12H2,1H3. The van der Waals surface area contributed by atoms with Crippen LogP contribution in [0, 0.1) is 0 Å². The Hall–Kier alpha value is -2.20. The molecule has 1 N–H and O–H groups in total. The molecular weight excluding hydrogens is 442 g/mol.